The minimum absolute atomic E-state index is 0.0126. The number of hydrogen-bond acceptors (Lipinski definition) is 12. The topological polar surface area (TPSA) is 172 Å². The van der Waals surface area contributed by atoms with Crippen LogP contribution in [0.5, 0.6) is 0 Å². The third kappa shape index (κ3) is 7.60. The van der Waals surface area contributed by atoms with Crippen LogP contribution in [-0.4, -0.2) is 132 Å². The second-order valence-corrected chi connectivity index (χ2v) is 18.5. The number of likely N-dealkylation sites (tertiary alicyclic amines) is 2. The van der Waals surface area contributed by atoms with Crippen LogP contribution in [0.15, 0.2) is 42.9 Å². The lowest BCUT2D eigenvalue weighted by atomic mass is 9.85. The zero-order valence-corrected chi connectivity index (χ0v) is 35.3. The monoisotopic (exact) mass is 865 g/mol. The maximum atomic E-state index is 14.3. The highest BCUT2D eigenvalue weighted by molar-refractivity contribution is 6.08. The number of fused-ring (bicyclic) bond motifs is 4. The Morgan fingerprint density at radius 1 is 0.968 bits per heavy atom. The van der Waals surface area contributed by atoms with E-state index in [1.165, 1.54) is 10.7 Å². The standard InChI is InChI=1S/C44H53F2N13O4/c1-54-40-31(38(52-54)32-9-10-37(60)51-43(32)61)3-2-4-34(40)48-26-20-56(21-26)27-11-14-55(15-12-27)19-25-5-7-28(8-6-25)59-23-35(39(53-59)41(45)46)49-44(62)33-18-47-58-16-13-36(50-42(33)58)57-22-30-17-29(57)24-63-30/h2-4,13,16,18,23,25-30,32,41,48H,5-12,14-15,17,19-22,24H2,1H3,(H,49,62)(H,51,60,61)/t25?,28?,29-,30-,32?/m1/s1. The number of nitrogens with one attached hydrogen (secondary N) is 3. The molecule has 332 valence electrons. The summed E-state index contributed by atoms with van der Waals surface area (Å²) in [7, 11) is 1.91. The molecule has 1 aliphatic carbocycles. The number of aromatic nitrogens is 7. The molecular formula is C44H53F2N13O4. The number of benzene rings is 1. The number of alkyl halides is 2. The summed E-state index contributed by atoms with van der Waals surface area (Å²) >= 11 is 0. The zero-order valence-electron chi connectivity index (χ0n) is 35.3. The van der Waals surface area contributed by atoms with Gasteiger partial charge in [0.1, 0.15) is 11.4 Å². The molecular weight excluding hydrogens is 813 g/mol. The van der Waals surface area contributed by atoms with Crippen molar-refractivity contribution in [2.75, 3.05) is 61.4 Å². The van der Waals surface area contributed by atoms with Gasteiger partial charge in [0, 0.05) is 63.5 Å². The van der Waals surface area contributed by atoms with Crippen molar-refractivity contribution in [3.05, 3.63) is 59.8 Å². The summed E-state index contributed by atoms with van der Waals surface area (Å²) in [6, 6.07) is 9.08. The van der Waals surface area contributed by atoms with Crippen LogP contribution in [0.2, 0.25) is 0 Å². The largest absolute Gasteiger partial charge is 0.378 e. The minimum atomic E-state index is -2.84. The van der Waals surface area contributed by atoms with Crippen LogP contribution in [0.25, 0.3) is 16.6 Å². The number of imide groups is 1. The van der Waals surface area contributed by atoms with E-state index in [0.717, 1.165) is 112 Å². The molecule has 1 saturated carbocycles. The van der Waals surface area contributed by atoms with E-state index in [-0.39, 0.29) is 41.3 Å². The third-order valence-corrected chi connectivity index (χ3v) is 14.5. The Bertz CT molecular complexity index is 2550. The third-order valence-electron chi connectivity index (χ3n) is 14.5. The average Bonchev–Trinajstić information content (AvgIpc) is 4.12. The molecule has 9 heterocycles. The maximum Gasteiger partial charge on any atom is 0.284 e. The zero-order chi connectivity index (χ0) is 42.9. The smallest absolute Gasteiger partial charge is 0.284 e. The first-order chi connectivity index (χ1) is 30.6. The van der Waals surface area contributed by atoms with Crippen LogP contribution >= 0.6 is 0 Å². The van der Waals surface area contributed by atoms with Crippen molar-refractivity contribution >= 4 is 51.5 Å². The van der Waals surface area contributed by atoms with Gasteiger partial charge in [-0.25, -0.2) is 18.3 Å². The number of carbonyl (C=O) groups excluding carboxylic acids is 3. The van der Waals surface area contributed by atoms with E-state index in [2.05, 4.69) is 46.9 Å². The lowest BCUT2D eigenvalue weighted by Gasteiger charge is -2.48. The Hall–Kier alpha value is -5.53. The number of para-hydroxylation sites is 1. The molecule has 3 atom stereocenters. The highest BCUT2D eigenvalue weighted by atomic mass is 19.3. The van der Waals surface area contributed by atoms with Crippen molar-refractivity contribution in [1.29, 1.82) is 0 Å². The molecule has 1 unspecified atom stereocenters. The van der Waals surface area contributed by atoms with Gasteiger partial charge in [-0.3, -0.25) is 34.0 Å². The van der Waals surface area contributed by atoms with Crippen LogP contribution < -0.4 is 20.9 Å². The van der Waals surface area contributed by atoms with E-state index in [9.17, 15) is 23.2 Å². The molecule has 17 nitrogen and oxygen atoms in total. The molecule has 19 heteroatoms. The number of carbonyl (C=O) groups is 3. The molecule has 6 fully saturated rings. The van der Waals surface area contributed by atoms with Crippen LogP contribution in [0, 0.1) is 5.92 Å². The normalized spacial score (nSPS) is 26.3. The first-order valence-corrected chi connectivity index (χ1v) is 22.5. The molecule has 5 saturated heterocycles. The SMILES string of the molecule is Cn1nc(C2CCC(=O)NC2=O)c2cccc(NC3CN(C4CCN(CC5CCC(n6cc(NC(=O)c7cnn8ccc(N9C[C@H]%10C[C@@H]9CO%10)nc78)c(C(F)F)n6)CC5)CC4)C3)c21. The number of aryl methyl sites for hydroxylation is 1. The van der Waals surface area contributed by atoms with Gasteiger partial charge in [-0.1, -0.05) is 12.1 Å². The van der Waals surface area contributed by atoms with Crippen LogP contribution in [0.1, 0.15) is 97.9 Å². The fourth-order valence-electron chi connectivity index (χ4n) is 11.1. The Morgan fingerprint density at radius 2 is 1.79 bits per heavy atom. The van der Waals surface area contributed by atoms with E-state index >= 15 is 0 Å². The molecule has 1 aromatic carbocycles. The predicted octanol–water partition coefficient (Wildman–Crippen LogP) is 4.49. The van der Waals surface area contributed by atoms with Crippen molar-refractivity contribution < 1.29 is 27.9 Å². The van der Waals surface area contributed by atoms with Crippen molar-refractivity contribution in [1.82, 2.24) is 49.3 Å². The summed E-state index contributed by atoms with van der Waals surface area (Å²) in [5.74, 6) is -0.201. The molecule has 0 spiro atoms. The van der Waals surface area contributed by atoms with Crippen molar-refractivity contribution in [3.8, 4) is 0 Å². The minimum Gasteiger partial charge on any atom is -0.378 e. The lowest BCUT2D eigenvalue weighted by molar-refractivity contribution is -0.134. The lowest BCUT2D eigenvalue weighted by Crippen LogP contribution is -2.60. The van der Waals surface area contributed by atoms with Crippen LogP contribution in [-0.2, 0) is 21.4 Å². The highest BCUT2D eigenvalue weighted by Crippen LogP contribution is 2.38. The van der Waals surface area contributed by atoms with E-state index in [1.54, 1.807) is 17.1 Å². The fraction of sp³-hybridized carbons (Fsp3) is 0.568. The van der Waals surface area contributed by atoms with E-state index < -0.39 is 23.9 Å². The number of amides is 3. The van der Waals surface area contributed by atoms with Crippen molar-refractivity contribution in [2.45, 2.75) is 100 Å². The quantitative estimate of drug-likeness (QED) is 0.159. The van der Waals surface area contributed by atoms with Crippen molar-refractivity contribution in [3.63, 3.8) is 0 Å². The van der Waals surface area contributed by atoms with Gasteiger partial charge < -0.3 is 25.2 Å². The summed E-state index contributed by atoms with van der Waals surface area (Å²) in [6.45, 7) is 6.52. The maximum absolute atomic E-state index is 14.3. The fourth-order valence-corrected chi connectivity index (χ4v) is 11.1. The summed E-state index contributed by atoms with van der Waals surface area (Å²) in [4.78, 5) is 50.1. The molecule has 5 aliphatic heterocycles. The van der Waals surface area contributed by atoms with Gasteiger partial charge in [0.2, 0.25) is 11.8 Å². The first kappa shape index (κ1) is 40.3. The second kappa shape index (κ2) is 16.2. The Labute approximate surface area is 362 Å². The molecule has 6 aliphatic rings. The van der Waals surface area contributed by atoms with E-state index in [1.807, 2.05) is 29.9 Å². The highest BCUT2D eigenvalue weighted by Gasteiger charge is 2.40. The molecule has 5 aromatic rings. The Balaban J connectivity index is 0.649. The van der Waals surface area contributed by atoms with Gasteiger partial charge in [-0.15, -0.1) is 0 Å². The van der Waals surface area contributed by atoms with Crippen LogP contribution in [0.3, 0.4) is 0 Å². The van der Waals surface area contributed by atoms with Crippen LogP contribution in [0.4, 0.5) is 26.0 Å². The number of piperidine rings is 2. The Morgan fingerprint density at radius 3 is 2.54 bits per heavy atom. The molecule has 2 bridgehead atoms. The van der Waals surface area contributed by atoms with E-state index in [4.69, 9.17) is 14.8 Å². The number of morpholine rings is 1. The van der Waals surface area contributed by atoms with Gasteiger partial charge in [-0.05, 0) is 82.5 Å². The molecule has 63 heavy (non-hydrogen) atoms. The molecule has 11 rings (SSSR count). The molecule has 4 aromatic heterocycles. The molecule has 3 amide bonds. The summed E-state index contributed by atoms with van der Waals surface area (Å²) in [5.41, 5.74) is 2.87. The second-order valence-electron chi connectivity index (χ2n) is 18.5. The summed E-state index contributed by atoms with van der Waals surface area (Å²) in [6.07, 6.45) is 9.78. The first-order valence-electron chi connectivity index (χ1n) is 22.5. The van der Waals surface area contributed by atoms with Gasteiger partial charge in [-0.2, -0.15) is 15.3 Å². The molecule has 3 N–H and O–H groups in total. The predicted molar refractivity (Wildman–Crippen MR) is 229 cm³/mol. The molecule has 0 radical (unpaired) electrons. The van der Waals surface area contributed by atoms with Gasteiger partial charge in [0.05, 0.1) is 65.5 Å². The number of nitrogens with zero attached hydrogens (tertiary/aromatic N) is 10. The van der Waals surface area contributed by atoms with Gasteiger partial charge in [0.15, 0.2) is 11.3 Å². The number of rotatable bonds is 11. The average molecular weight is 866 g/mol. The Kier molecular flexibility index (Phi) is 10.4. The van der Waals surface area contributed by atoms with E-state index in [0.29, 0.717) is 43.1 Å². The van der Waals surface area contributed by atoms with Gasteiger partial charge in [0.25, 0.3) is 12.3 Å². The summed E-state index contributed by atoms with van der Waals surface area (Å²) < 4.78 is 39.4. The number of halogens is 2. The number of hydrogen-bond donors (Lipinski definition) is 3. The number of anilines is 3. The van der Waals surface area contributed by atoms with Gasteiger partial charge >= 0.3 is 0 Å². The number of ether oxygens (including phenoxy) is 1. The summed E-state index contributed by atoms with van der Waals surface area (Å²) in [5, 5.41) is 23.2. The van der Waals surface area contributed by atoms with Crippen molar-refractivity contribution in [2.24, 2.45) is 13.0 Å².